The minimum Gasteiger partial charge on any atom is -0.310 e. The SMILES string of the molecule is CC1(C)c2ccccc2-c2ccc(N(c3ccc(-c4ccc5c(c4)C4(C6=C5CCC=C6)C5CC6CC(C5)CC4C6)cc3)c3ccc(-c4cccc5ccccc45)cc3)cc21. The van der Waals surface area contributed by atoms with Crippen LogP contribution in [0, 0.1) is 23.7 Å². The third kappa shape index (κ3) is 4.87. The average molecular weight is 774 g/mol. The van der Waals surface area contributed by atoms with Crippen LogP contribution < -0.4 is 4.90 Å². The van der Waals surface area contributed by atoms with Crippen LogP contribution in [0.15, 0.2) is 169 Å². The zero-order chi connectivity index (χ0) is 39.7. The maximum atomic E-state index is 2.66. The third-order valence-electron chi connectivity index (χ3n) is 16.3. The summed E-state index contributed by atoms with van der Waals surface area (Å²) in [7, 11) is 0. The van der Waals surface area contributed by atoms with Crippen LogP contribution >= 0.6 is 0 Å². The highest BCUT2D eigenvalue weighted by atomic mass is 15.1. The summed E-state index contributed by atoms with van der Waals surface area (Å²) in [5.41, 5.74) is 21.0. The van der Waals surface area contributed by atoms with Crippen molar-refractivity contribution < 1.29 is 0 Å². The highest BCUT2D eigenvalue weighted by molar-refractivity contribution is 5.97. The van der Waals surface area contributed by atoms with Gasteiger partial charge in [0.1, 0.15) is 0 Å². The molecule has 7 aromatic rings. The van der Waals surface area contributed by atoms with Gasteiger partial charge in [0.05, 0.1) is 0 Å². The average Bonchev–Trinajstić information content (AvgIpc) is 3.70. The molecule has 4 saturated carbocycles. The van der Waals surface area contributed by atoms with E-state index in [-0.39, 0.29) is 10.8 Å². The van der Waals surface area contributed by atoms with Crippen molar-refractivity contribution in [3.8, 4) is 33.4 Å². The smallest absolute Gasteiger partial charge is 0.0465 e. The van der Waals surface area contributed by atoms with Crippen LogP contribution in [-0.4, -0.2) is 0 Å². The van der Waals surface area contributed by atoms with E-state index in [4.69, 9.17) is 0 Å². The summed E-state index contributed by atoms with van der Waals surface area (Å²) in [4.78, 5) is 2.46. The number of rotatable bonds is 5. The summed E-state index contributed by atoms with van der Waals surface area (Å²) >= 11 is 0. The Kier molecular flexibility index (Phi) is 7.44. The first-order chi connectivity index (χ1) is 29.4. The summed E-state index contributed by atoms with van der Waals surface area (Å²) in [5.74, 6) is 3.51. The Morgan fingerprint density at radius 2 is 1.10 bits per heavy atom. The first-order valence-electron chi connectivity index (χ1n) is 22.7. The summed E-state index contributed by atoms with van der Waals surface area (Å²) in [5, 5.41) is 2.56. The lowest BCUT2D eigenvalue weighted by molar-refractivity contribution is -0.0407. The molecule has 0 unspecified atom stereocenters. The minimum absolute atomic E-state index is 0.0816. The molecule has 0 saturated heterocycles. The Bertz CT molecular complexity index is 2920. The number of allylic oxidation sites excluding steroid dienone is 4. The fraction of sp³-hybridized carbons (Fsp3) is 0.254. The lowest BCUT2D eigenvalue weighted by atomic mass is 9.42. The van der Waals surface area contributed by atoms with Gasteiger partial charge in [0.2, 0.25) is 0 Å². The predicted octanol–water partition coefficient (Wildman–Crippen LogP) is 15.8. The molecule has 14 rings (SSSR count). The van der Waals surface area contributed by atoms with Gasteiger partial charge in [0, 0.05) is 27.9 Å². The highest BCUT2D eigenvalue weighted by Crippen LogP contribution is 2.70. The van der Waals surface area contributed by atoms with Crippen molar-refractivity contribution >= 4 is 33.4 Å². The van der Waals surface area contributed by atoms with Crippen molar-refractivity contribution in [1.82, 2.24) is 0 Å². The molecule has 1 spiro atoms. The van der Waals surface area contributed by atoms with Gasteiger partial charge in [-0.15, -0.1) is 0 Å². The van der Waals surface area contributed by atoms with Gasteiger partial charge in [-0.2, -0.15) is 0 Å². The van der Waals surface area contributed by atoms with Crippen LogP contribution in [0.4, 0.5) is 17.1 Å². The zero-order valence-corrected chi connectivity index (χ0v) is 34.8. The van der Waals surface area contributed by atoms with E-state index in [0.717, 1.165) is 29.4 Å². The van der Waals surface area contributed by atoms with E-state index in [9.17, 15) is 0 Å². The Hall–Kier alpha value is -5.92. The first kappa shape index (κ1) is 34.9. The van der Waals surface area contributed by atoms with Gasteiger partial charge in [-0.3, -0.25) is 0 Å². The van der Waals surface area contributed by atoms with Gasteiger partial charge in [-0.1, -0.05) is 135 Å². The molecule has 292 valence electrons. The van der Waals surface area contributed by atoms with Crippen LogP contribution in [0.3, 0.4) is 0 Å². The molecule has 1 heteroatoms. The van der Waals surface area contributed by atoms with Gasteiger partial charge in [-0.05, 0) is 189 Å². The lowest BCUT2D eigenvalue weighted by Gasteiger charge is -2.61. The molecule has 7 aliphatic rings. The second-order valence-electron chi connectivity index (χ2n) is 19.6. The largest absolute Gasteiger partial charge is 0.310 e. The molecule has 0 aromatic heterocycles. The molecular formula is C59H51N. The maximum Gasteiger partial charge on any atom is 0.0465 e. The maximum absolute atomic E-state index is 2.66. The highest BCUT2D eigenvalue weighted by Gasteiger charge is 2.62. The molecular weight excluding hydrogens is 723 g/mol. The summed E-state index contributed by atoms with van der Waals surface area (Å²) in [6, 6.07) is 57.8. The number of anilines is 3. The van der Waals surface area contributed by atoms with Crippen LogP contribution in [0.25, 0.3) is 49.7 Å². The van der Waals surface area contributed by atoms with E-state index in [1.165, 1.54) is 112 Å². The molecule has 1 nitrogen and oxygen atoms in total. The number of benzene rings is 7. The Balaban J connectivity index is 0.906. The Morgan fingerprint density at radius 1 is 0.483 bits per heavy atom. The van der Waals surface area contributed by atoms with Crippen molar-refractivity contribution in [2.24, 2.45) is 23.7 Å². The molecule has 7 aliphatic carbocycles. The fourth-order valence-electron chi connectivity index (χ4n) is 14.0. The lowest BCUT2D eigenvalue weighted by Crippen LogP contribution is -2.55. The van der Waals surface area contributed by atoms with Gasteiger partial charge < -0.3 is 4.90 Å². The van der Waals surface area contributed by atoms with Gasteiger partial charge in [-0.25, -0.2) is 0 Å². The molecule has 0 N–H and O–H groups in total. The van der Waals surface area contributed by atoms with E-state index in [2.05, 4.69) is 183 Å². The van der Waals surface area contributed by atoms with Gasteiger partial charge in [0.25, 0.3) is 0 Å². The molecule has 0 heterocycles. The van der Waals surface area contributed by atoms with Crippen molar-refractivity contribution in [1.29, 1.82) is 0 Å². The zero-order valence-electron chi connectivity index (χ0n) is 34.8. The summed E-state index contributed by atoms with van der Waals surface area (Å²) in [6.45, 7) is 4.76. The number of hydrogen-bond donors (Lipinski definition) is 0. The van der Waals surface area contributed by atoms with E-state index in [1.807, 2.05) is 0 Å². The van der Waals surface area contributed by atoms with Crippen molar-refractivity contribution in [3.63, 3.8) is 0 Å². The molecule has 60 heavy (non-hydrogen) atoms. The van der Waals surface area contributed by atoms with Gasteiger partial charge in [0.15, 0.2) is 0 Å². The fourth-order valence-corrected chi connectivity index (χ4v) is 14.0. The normalized spacial score (nSPS) is 24.8. The molecule has 0 aliphatic heterocycles. The Labute approximate surface area is 355 Å². The van der Waals surface area contributed by atoms with Crippen molar-refractivity contribution in [2.75, 3.05) is 4.90 Å². The topological polar surface area (TPSA) is 3.24 Å². The van der Waals surface area contributed by atoms with E-state index in [1.54, 1.807) is 22.3 Å². The summed E-state index contributed by atoms with van der Waals surface area (Å²) in [6.07, 6.45) is 14.7. The first-order valence-corrected chi connectivity index (χ1v) is 22.7. The predicted molar refractivity (Wildman–Crippen MR) is 251 cm³/mol. The molecule has 0 amide bonds. The molecule has 0 radical (unpaired) electrons. The van der Waals surface area contributed by atoms with Gasteiger partial charge >= 0.3 is 0 Å². The molecule has 4 fully saturated rings. The van der Waals surface area contributed by atoms with E-state index in [0.29, 0.717) is 0 Å². The van der Waals surface area contributed by atoms with E-state index < -0.39 is 0 Å². The van der Waals surface area contributed by atoms with Crippen molar-refractivity contribution in [3.05, 3.63) is 192 Å². The standard InChI is InChI=1S/C59H51N/c1-58(2)54-16-7-5-13-50(54)52-29-27-47(36-56(52)58)60(46-25-20-41(21-26-46)49-15-9-11-40-10-3-4-12-48(40)49)45-23-18-39(19-24-45)42-22-28-53-51-14-6-8-17-55(51)59(57(53)35-42)43-31-37-30-38(33-43)34-44(59)32-37/h3-5,7-13,15-29,35-38,43-44H,6,14,30-34H2,1-2H3. The van der Waals surface area contributed by atoms with Crippen molar-refractivity contribution in [2.45, 2.75) is 69.6 Å². The van der Waals surface area contributed by atoms with Crippen LogP contribution in [0.5, 0.6) is 0 Å². The van der Waals surface area contributed by atoms with Crippen LogP contribution in [0.1, 0.15) is 81.0 Å². The number of nitrogens with zero attached hydrogens (tertiary/aromatic N) is 1. The second-order valence-corrected chi connectivity index (χ2v) is 19.6. The van der Waals surface area contributed by atoms with Crippen LogP contribution in [-0.2, 0) is 10.8 Å². The minimum atomic E-state index is -0.0816. The molecule has 7 aromatic carbocycles. The van der Waals surface area contributed by atoms with E-state index >= 15 is 0 Å². The van der Waals surface area contributed by atoms with Crippen LogP contribution in [0.2, 0.25) is 0 Å². The monoisotopic (exact) mass is 773 g/mol. The molecule has 0 atom stereocenters. The third-order valence-corrected chi connectivity index (χ3v) is 16.3. The number of hydrogen-bond acceptors (Lipinski definition) is 1. The number of fused-ring (bicyclic) bond motifs is 6. The Morgan fingerprint density at radius 3 is 1.88 bits per heavy atom. The second kappa shape index (κ2) is 12.8. The molecule has 4 bridgehead atoms. The quantitative estimate of drug-likeness (QED) is 0.168. The summed E-state index contributed by atoms with van der Waals surface area (Å²) < 4.78 is 0.